The molecule has 0 bridgehead atoms. The van der Waals surface area contributed by atoms with E-state index in [0.717, 1.165) is 18.4 Å². The lowest BCUT2D eigenvalue weighted by molar-refractivity contribution is -0.139. The van der Waals surface area contributed by atoms with Crippen LogP contribution in [-0.2, 0) is 9.59 Å². The molecule has 33 heavy (non-hydrogen) atoms. The van der Waals surface area contributed by atoms with Crippen LogP contribution in [0, 0.1) is 5.92 Å². The molecule has 0 radical (unpaired) electrons. The van der Waals surface area contributed by atoms with Crippen LogP contribution >= 0.6 is 0 Å². The second-order valence-corrected chi connectivity index (χ2v) is 9.40. The summed E-state index contributed by atoms with van der Waals surface area (Å²) in [6.45, 7) is 11.5. The molecule has 0 spiro atoms. The van der Waals surface area contributed by atoms with E-state index in [1.54, 1.807) is 29.2 Å². The predicted octanol–water partition coefficient (Wildman–Crippen LogP) is 6.07. The highest BCUT2D eigenvalue weighted by Crippen LogP contribution is 2.40. The van der Waals surface area contributed by atoms with E-state index in [1.807, 2.05) is 31.2 Å². The number of aliphatic hydroxyl groups is 1. The van der Waals surface area contributed by atoms with E-state index in [1.165, 1.54) is 5.56 Å². The number of ketones is 1. The summed E-state index contributed by atoms with van der Waals surface area (Å²) in [5, 5.41) is 11.2. The minimum absolute atomic E-state index is 0.143. The van der Waals surface area contributed by atoms with Gasteiger partial charge in [-0.25, -0.2) is 0 Å². The molecular weight excluding hydrogens is 414 g/mol. The summed E-state index contributed by atoms with van der Waals surface area (Å²) in [6.07, 6.45) is 1.69. The third-order valence-corrected chi connectivity index (χ3v) is 5.92. The molecule has 0 aliphatic carbocycles. The molecule has 0 saturated carbocycles. The Hall–Kier alpha value is -3.08. The number of benzene rings is 2. The number of aliphatic hydroxyl groups excluding tert-OH is 1. The van der Waals surface area contributed by atoms with Gasteiger partial charge < -0.3 is 14.7 Å². The molecule has 1 aliphatic heterocycles. The largest absolute Gasteiger partial charge is 0.507 e. The van der Waals surface area contributed by atoms with Gasteiger partial charge in [0.25, 0.3) is 11.7 Å². The van der Waals surface area contributed by atoms with E-state index in [9.17, 15) is 14.7 Å². The Bertz CT molecular complexity index is 1000. The molecule has 1 heterocycles. The molecule has 1 fully saturated rings. The van der Waals surface area contributed by atoms with E-state index >= 15 is 0 Å². The van der Waals surface area contributed by atoms with E-state index in [2.05, 4.69) is 27.7 Å². The minimum Gasteiger partial charge on any atom is -0.507 e. The van der Waals surface area contributed by atoms with Crippen molar-refractivity contribution in [2.75, 3.05) is 13.2 Å². The van der Waals surface area contributed by atoms with Gasteiger partial charge >= 0.3 is 0 Å². The zero-order valence-electron chi connectivity index (χ0n) is 20.3. The second-order valence-electron chi connectivity index (χ2n) is 9.40. The summed E-state index contributed by atoms with van der Waals surface area (Å²) in [4.78, 5) is 27.6. The summed E-state index contributed by atoms with van der Waals surface area (Å²) in [6, 6.07) is 14.4. The molecule has 1 N–H and O–H groups in total. The summed E-state index contributed by atoms with van der Waals surface area (Å²) < 4.78 is 5.72. The summed E-state index contributed by atoms with van der Waals surface area (Å²) in [5.74, 6) is 0.132. The van der Waals surface area contributed by atoms with E-state index in [-0.39, 0.29) is 11.3 Å². The molecule has 5 nitrogen and oxygen atoms in total. The molecule has 1 amide bonds. The highest BCUT2D eigenvalue weighted by atomic mass is 16.5. The smallest absolute Gasteiger partial charge is 0.295 e. The third kappa shape index (κ3) is 5.47. The van der Waals surface area contributed by atoms with E-state index in [0.29, 0.717) is 36.3 Å². The molecule has 0 aromatic heterocycles. The van der Waals surface area contributed by atoms with Gasteiger partial charge in [-0.05, 0) is 53.6 Å². The summed E-state index contributed by atoms with van der Waals surface area (Å²) >= 11 is 0. The van der Waals surface area contributed by atoms with Crippen LogP contribution in [0.4, 0.5) is 0 Å². The normalized spacial score (nSPS) is 17.9. The number of rotatable bonds is 9. The van der Waals surface area contributed by atoms with Crippen LogP contribution in [0.5, 0.6) is 5.75 Å². The first-order valence-electron chi connectivity index (χ1n) is 11.9. The number of ether oxygens (including phenoxy) is 1. The van der Waals surface area contributed by atoms with Crippen molar-refractivity contribution in [2.45, 2.75) is 59.4 Å². The van der Waals surface area contributed by atoms with E-state index < -0.39 is 17.7 Å². The zero-order valence-corrected chi connectivity index (χ0v) is 20.3. The Morgan fingerprint density at radius 1 is 1.00 bits per heavy atom. The lowest BCUT2D eigenvalue weighted by atomic mass is 9.93. The molecule has 176 valence electrons. The van der Waals surface area contributed by atoms with Gasteiger partial charge in [0, 0.05) is 12.1 Å². The van der Waals surface area contributed by atoms with Crippen LogP contribution in [-0.4, -0.2) is 34.8 Å². The number of nitrogens with zero attached hydrogens (tertiary/aromatic N) is 1. The van der Waals surface area contributed by atoms with Crippen LogP contribution in [0.25, 0.3) is 5.76 Å². The number of unbranched alkanes of at least 4 members (excludes halogenated alkanes) is 1. The molecule has 1 atom stereocenters. The zero-order chi connectivity index (χ0) is 24.1. The van der Waals surface area contributed by atoms with Crippen molar-refractivity contribution in [3.05, 3.63) is 70.8 Å². The highest BCUT2D eigenvalue weighted by Gasteiger charge is 2.45. The molecule has 2 aromatic carbocycles. The van der Waals surface area contributed by atoms with Crippen LogP contribution in [0.15, 0.2) is 54.1 Å². The fourth-order valence-corrected chi connectivity index (χ4v) is 3.98. The lowest BCUT2D eigenvalue weighted by Crippen LogP contribution is -2.30. The molecular formula is C28H35NO4. The molecule has 2 aromatic rings. The lowest BCUT2D eigenvalue weighted by Gasteiger charge is -2.25. The van der Waals surface area contributed by atoms with Gasteiger partial charge in [-0.1, -0.05) is 65.3 Å². The number of likely N-dealkylation sites (tertiary alicyclic amines) is 1. The number of hydrogen-bond acceptors (Lipinski definition) is 4. The SMILES string of the molecule is CCCCN1C(=O)C(=O)/C(=C(\O)c2ccc(OCC(C)C)cc2)C1c1ccc(C(C)C)cc1. The molecule has 1 unspecified atom stereocenters. The van der Waals surface area contributed by atoms with Crippen molar-refractivity contribution < 1.29 is 19.4 Å². The Morgan fingerprint density at radius 2 is 1.64 bits per heavy atom. The highest BCUT2D eigenvalue weighted by molar-refractivity contribution is 6.46. The molecule has 5 heteroatoms. The average Bonchev–Trinajstić information content (AvgIpc) is 3.06. The van der Waals surface area contributed by atoms with Crippen molar-refractivity contribution in [2.24, 2.45) is 5.92 Å². The number of carbonyl (C=O) groups excluding carboxylic acids is 2. The van der Waals surface area contributed by atoms with Crippen molar-refractivity contribution in [3.8, 4) is 5.75 Å². The van der Waals surface area contributed by atoms with Gasteiger partial charge in [0.05, 0.1) is 18.2 Å². The molecule has 1 saturated heterocycles. The Balaban J connectivity index is 2.02. The summed E-state index contributed by atoms with van der Waals surface area (Å²) in [5.41, 5.74) is 2.64. The first kappa shape index (κ1) is 24.6. The van der Waals surface area contributed by atoms with Gasteiger partial charge in [-0.3, -0.25) is 9.59 Å². The van der Waals surface area contributed by atoms with Crippen LogP contribution in [0.1, 0.15) is 76.1 Å². The molecule has 3 rings (SSSR count). The number of amides is 1. The standard InChI is InChI=1S/C28H35NO4/c1-6-7-16-29-25(21-10-8-20(9-11-21)19(4)5)24(27(31)28(29)32)26(30)22-12-14-23(15-13-22)33-17-18(2)3/h8-15,18-19,25,30H,6-7,16-17H2,1-5H3/b26-24-. The summed E-state index contributed by atoms with van der Waals surface area (Å²) in [7, 11) is 0. The Morgan fingerprint density at radius 3 is 2.18 bits per heavy atom. The maximum Gasteiger partial charge on any atom is 0.295 e. The Labute approximate surface area is 197 Å². The van der Waals surface area contributed by atoms with Crippen molar-refractivity contribution >= 4 is 17.4 Å². The minimum atomic E-state index is -0.637. The van der Waals surface area contributed by atoms with Gasteiger partial charge in [0.2, 0.25) is 0 Å². The van der Waals surface area contributed by atoms with Gasteiger partial charge in [-0.15, -0.1) is 0 Å². The van der Waals surface area contributed by atoms with Crippen molar-refractivity contribution in [1.29, 1.82) is 0 Å². The van der Waals surface area contributed by atoms with Crippen molar-refractivity contribution in [3.63, 3.8) is 0 Å². The second kappa shape index (κ2) is 10.7. The quantitative estimate of drug-likeness (QED) is 0.287. The van der Waals surface area contributed by atoms with Gasteiger partial charge in [-0.2, -0.15) is 0 Å². The topological polar surface area (TPSA) is 66.8 Å². The van der Waals surface area contributed by atoms with Crippen LogP contribution in [0.2, 0.25) is 0 Å². The number of hydrogen-bond donors (Lipinski definition) is 1. The van der Waals surface area contributed by atoms with Crippen LogP contribution < -0.4 is 4.74 Å². The first-order chi connectivity index (χ1) is 15.7. The van der Waals surface area contributed by atoms with Crippen molar-refractivity contribution in [1.82, 2.24) is 4.90 Å². The maximum atomic E-state index is 13.1. The monoisotopic (exact) mass is 449 g/mol. The molecule has 1 aliphatic rings. The Kier molecular flexibility index (Phi) is 7.96. The number of carbonyl (C=O) groups is 2. The predicted molar refractivity (Wildman–Crippen MR) is 131 cm³/mol. The first-order valence-corrected chi connectivity index (χ1v) is 11.9. The third-order valence-electron chi connectivity index (χ3n) is 5.92. The van der Waals surface area contributed by atoms with Gasteiger partial charge in [0.1, 0.15) is 11.5 Å². The van der Waals surface area contributed by atoms with E-state index in [4.69, 9.17) is 4.74 Å². The number of Topliss-reactive ketones (excluding diaryl/α,β-unsaturated/α-hetero) is 1. The fraction of sp³-hybridized carbons (Fsp3) is 0.429. The average molecular weight is 450 g/mol. The fourth-order valence-electron chi connectivity index (χ4n) is 3.98. The van der Waals surface area contributed by atoms with Gasteiger partial charge in [0.15, 0.2) is 0 Å². The maximum absolute atomic E-state index is 13.1. The van der Waals surface area contributed by atoms with Crippen LogP contribution in [0.3, 0.4) is 0 Å².